The number of hydrogen-bond donors (Lipinski definition) is 2. The summed E-state index contributed by atoms with van der Waals surface area (Å²) in [6.07, 6.45) is -4.13. The number of nitrogens with zero attached hydrogens (tertiary/aromatic N) is 4. The molecule has 16 heteroatoms. The molecule has 42 heavy (non-hydrogen) atoms. The number of halogens is 7. The van der Waals surface area contributed by atoms with E-state index in [1.54, 1.807) is 53.3 Å². The first-order valence-corrected chi connectivity index (χ1v) is 12.1. The number of hydrogen-bond acceptors (Lipinski definition) is 6. The van der Waals surface area contributed by atoms with Crippen molar-refractivity contribution in [2.45, 2.75) is 25.3 Å². The number of ether oxygens (including phenoxy) is 1. The van der Waals surface area contributed by atoms with Gasteiger partial charge in [0.05, 0.1) is 16.8 Å². The number of aliphatic carboxylic acids is 1. The Kier molecular flexibility index (Phi) is 9.88. The van der Waals surface area contributed by atoms with Crippen molar-refractivity contribution in [2.75, 3.05) is 11.9 Å². The highest BCUT2D eigenvalue weighted by molar-refractivity contribution is 6.31. The van der Waals surface area contributed by atoms with Gasteiger partial charge in [0.25, 0.3) is 5.56 Å². The number of aromatic amines is 1. The molecule has 0 saturated carbocycles. The van der Waals surface area contributed by atoms with E-state index in [2.05, 4.69) is 15.1 Å². The molecule has 0 aliphatic rings. The van der Waals surface area contributed by atoms with Gasteiger partial charge in [0.15, 0.2) is 0 Å². The number of carboxylic acid groups (broad SMARTS) is 1. The van der Waals surface area contributed by atoms with Crippen LogP contribution < -0.4 is 15.2 Å². The first-order chi connectivity index (χ1) is 19.5. The number of carboxylic acids is 1. The van der Waals surface area contributed by atoms with Gasteiger partial charge in [-0.05, 0) is 41.5 Å². The summed E-state index contributed by atoms with van der Waals surface area (Å²) < 4.78 is 78.1. The zero-order valence-corrected chi connectivity index (χ0v) is 22.6. The van der Waals surface area contributed by atoms with E-state index >= 15 is 0 Å². The van der Waals surface area contributed by atoms with Crippen LogP contribution in [-0.2, 0) is 31.0 Å². The monoisotopic (exact) mass is 617 g/mol. The number of anilines is 1. The van der Waals surface area contributed by atoms with E-state index in [4.69, 9.17) is 26.2 Å². The Bertz CT molecular complexity index is 1590. The van der Waals surface area contributed by atoms with Gasteiger partial charge in [-0.2, -0.15) is 31.4 Å². The predicted molar refractivity (Wildman–Crippen MR) is 140 cm³/mol. The number of rotatable bonds is 7. The van der Waals surface area contributed by atoms with E-state index in [1.165, 1.54) is 6.07 Å². The van der Waals surface area contributed by atoms with Crippen LogP contribution >= 0.6 is 11.6 Å². The lowest BCUT2D eigenvalue weighted by Gasteiger charge is -2.18. The van der Waals surface area contributed by atoms with Crippen molar-refractivity contribution in [3.05, 3.63) is 98.7 Å². The van der Waals surface area contributed by atoms with Crippen LogP contribution in [-0.4, -0.2) is 44.0 Å². The minimum absolute atomic E-state index is 0.0275. The van der Waals surface area contributed by atoms with Crippen LogP contribution in [0.3, 0.4) is 0 Å². The van der Waals surface area contributed by atoms with Crippen molar-refractivity contribution in [3.63, 3.8) is 0 Å². The SMILES string of the molecule is CN(Cc1ccc(Oc2ccc(Cl)c(C(F)(F)F)c2)cc1)c1ncc(Cc2cnn(C)c2)c(=O)[nH]1.O=C(O)C(F)(F)F. The van der Waals surface area contributed by atoms with Crippen LogP contribution in [0.15, 0.2) is 65.8 Å². The quantitative estimate of drug-likeness (QED) is 0.251. The minimum Gasteiger partial charge on any atom is -0.475 e. The summed E-state index contributed by atoms with van der Waals surface area (Å²) >= 11 is 5.65. The number of aromatic nitrogens is 4. The fourth-order valence-electron chi connectivity index (χ4n) is 3.45. The molecule has 0 atom stereocenters. The molecule has 0 amide bonds. The minimum atomic E-state index is -5.08. The Morgan fingerprint density at radius 3 is 2.19 bits per heavy atom. The third kappa shape index (κ3) is 8.99. The van der Waals surface area contributed by atoms with E-state index < -0.39 is 23.9 Å². The Morgan fingerprint density at radius 2 is 1.67 bits per heavy atom. The summed E-state index contributed by atoms with van der Waals surface area (Å²) in [5, 5.41) is 10.8. The number of nitrogens with one attached hydrogen (secondary N) is 1. The Balaban J connectivity index is 0.000000616. The standard InChI is InChI=1S/C24H21ClF3N5O2.C2HF3O2/c1-32(23-29-12-17(22(34)31-23)9-16-11-30-33(2)14-16)13-15-3-5-18(6-4-15)35-19-7-8-21(25)20(10-19)24(26,27)28;3-2(4,5)1(6)7/h3-8,10-12,14H,9,13H2,1-2H3,(H,29,31,34);(H,6,7). The van der Waals surface area contributed by atoms with Gasteiger partial charge >= 0.3 is 18.3 Å². The van der Waals surface area contributed by atoms with Crippen molar-refractivity contribution in [1.29, 1.82) is 0 Å². The molecule has 0 unspecified atom stereocenters. The van der Waals surface area contributed by atoms with Crippen LogP contribution in [0.4, 0.5) is 32.3 Å². The van der Waals surface area contributed by atoms with Gasteiger partial charge in [-0.15, -0.1) is 0 Å². The zero-order valence-electron chi connectivity index (χ0n) is 21.8. The first-order valence-electron chi connectivity index (χ1n) is 11.7. The van der Waals surface area contributed by atoms with Crippen LogP contribution in [0.25, 0.3) is 0 Å². The van der Waals surface area contributed by atoms with Crippen molar-refractivity contribution in [3.8, 4) is 11.5 Å². The third-order valence-electron chi connectivity index (χ3n) is 5.44. The molecule has 0 aliphatic heterocycles. The smallest absolute Gasteiger partial charge is 0.475 e. The van der Waals surface area contributed by atoms with Gasteiger partial charge in [0, 0.05) is 45.0 Å². The van der Waals surface area contributed by atoms with Crippen LogP contribution in [0.2, 0.25) is 5.02 Å². The molecular weight excluding hydrogens is 596 g/mol. The second-order valence-corrected chi connectivity index (χ2v) is 9.21. The van der Waals surface area contributed by atoms with Crippen molar-refractivity contribution in [1.82, 2.24) is 19.7 Å². The molecule has 224 valence electrons. The summed E-state index contributed by atoms with van der Waals surface area (Å²) in [4.78, 5) is 30.3. The molecule has 2 aromatic carbocycles. The third-order valence-corrected chi connectivity index (χ3v) is 5.77. The van der Waals surface area contributed by atoms with Crippen LogP contribution in [0.1, 0.15) is 22.3 Å². The van der Waals surface area contributed by atoms with Gasteiger partial charge in [-0.25, -0.2) is 9.78 Å². The van der Waals surface area contributed by atoms with Gasteiger partial charge < -0.3 is 14.7 Å². The number of benzene rings is 2. The Morgan fingerprint density at radius 1 is 1.05 bits per heavy atom. The summed E-state index contributed by atoms with van der Waals surface area (Å²) in [5.41, 5.74) is 1.15. The average Bonchev–Trinajstić information content (AvgIpc) is 3.31. The highest BCUT2D eigenvalue weighted by Gasteiger charge is 2.38. The molecule has 0 spiro atoms. The summed E-state index contributed by atoms with van der Waals surface area (Å²) in [6, 6.07) is 10.3. The molecule has 0 saturated heterocycles. The molecule has 4 aromatic rings. The number of alkyl halides is 6. The lowest BCUT2D eigenvalue weighted by molar-refractivity contribution is -0.192. The zero-order chi connectivity index (χ0) is 31.2. The second kappa shape index (κ2) is 13.0. The van der Waals surface area contributed by atoms with Gasteiger partial charge in [-0.1, -0.05) is 23.7 Å². The van der Waals surface area contributed by atoms with E-state index in [0.717, 1.165) is 23.3 Å². The predicted octanol–water partition coefficient (Wildman–Crippen LogP) is 5.83. The highest BCUT2D eigenvalue weighted by Crippen LogP contribution is 2.37. The maximum Gasteiger partial charge on any atom is 0.490 e. The molecule has 9 nitrogen and oxygen atoms in total. The molecule has 4 rings (SSSR count). The summed E-state index contributed by atoms with van der Waals surface area (Å²) in [5.74, 6) is -1.95. The molecule has 2 aromatic heterocycles. The molecule has 0 aliphatic carbocycles. The molecule has 2 heterocycles. The molecule has 2 N–H and O–H groups in total. The van der Waals surface area contributed by atoms with Gasteiger partial charge in [-0.3, -0.25) is 14.5 Å². The fraction of sp³-hybridized carbons (Fsp3) is 0.231. The largest absolute Gasteiger partial charge is 0.490 e. The fourth-order valence-corrected chi connectivity index (χ4v) is 3.67. The number of carbonyl (C=O) groups is 1. The van der Waals surface area contributed by atoms with Crippen molar-refractivity contribution in [2.24, 2.45) is 7.05 Å². The van der Waals surface area contributed by atoms with Gasteiger partial charge in [0.2, 0.25) is 5.95 Å². The second-order valence-electron chi connectivity index (χ2n) is 8.80. The Hall–Kier alpha value is -4.53. The molecule has 0 radical (unpaired) electrons. The van der Waals surface area contributed by atoms with Crippen molar-refractivity contribution < 1.29 is 41.0 Å². The van der Waals surface area contributed by atoms with E-state index in [0.29, 0.717) is 30.2 Å². The highest BCUT2D eigenvalue weighted by atomic mass is 35.5. The van der Waals surface area contributed by atoms with Crippen LogP contribution in [0.5, 0.6) is 11.5 Å². The summed E-state index contributed by atoms with van der Waals surface area (Å²) in [6.45, 7) is 0.435. The number of aryl methyl sites for hydroxylation is 1. The van der Waals surface area contributed by atoms with E-state index in [-0.39, 0.29) is 16.3 Å². The Labute approximate surface area is 238 Å². The summed E-state index contributed by atoms with van der Waals surface area (Å²) in [7, 11) is 3.60. The number of H-pyrrole nitrogens is 1. The van der Waals surface area contributed by atoms with E-state index in [9.17, 15) is 31.1 Å². The van der Waals surface area contributed by atoms with Crippen molar-refractivity contribution >= 4 is 23.5 Å². The lowest BCUT2D eigenvalue weighted by Crippen LogP contribution is -2.24. The topological polar surface area (TPSA) is 113 Å². The normalized spacial score (nSPS) is 11.5. The lowest BCUT2D eigenvalue weighted by atomic mass is 10.1. The first kappa shape index (κ1) is 32.0. The maximum absolute atomic E-state index is 13.1. The maximum atomic E-state index is 13.1. The average molecular weight is 618 g/mol. The van der Waals surface area contributed by atoms with E-state index in [1.807, 2.05) is 13.2 Å². The van der Waals surface area contributed by atoms with Gasteiger partial charge in [0.1, 0.15) is 11.5 Å². The molecule has 0 bridgehead atoms. The van der Waals surface area contributed by atoms with Crippen LogP contribution in [0, 0.1) is 0 Å². The molecular formula is C26H22ClF6N5O4. The molecule has 0 fully saturated rings.